The fourth-order valence-electron chi connectivity index (χ4n) is 10.2. The van der Waals surface area contributed by atoms with E-state index >= 15 is 0 Å². The van der Waals surface area contributed by atoms with Crippen molar-refractivity contribution in [2.24, 2.45) is 34.5 Å². The molecule has 0 bridgehead atoms. The van der Waals surface area contributed by atoms with E-state index < -0.39 is 0 Å². The minimum Gasteiger partial charge on any atom is -0.462 e. The molecule has 43 heavy (non-hydrogen) atoms. The number of carbonyl (C=O) groups excluding carboxylic acids is 3. The molecule has 5 fully saturated rings. The van der Waals surface area contributed by atoms with E-state index in [1.54, 1.807) is 0 Å². The molecule has 6 heteroatoms. The van der Waals surface area contributed by atoms with Crippen molar-refractivity contribution in [3.63, 3.8) is 0 Å². The highest BCUT2D eigenvalue weighted by molar-refractivity contribution is 5.92. The summed E-state index contributed by atoms with van der Waals surface area (Å²) in [4.78, 5) is 35.5. The van der Waals surface area contributed by atoms with Gasteiger partial charge in [-0.15, -0.1) is 0 Å². The van der Waals surface area contributed by atoms with Crippen molar-refractivity contribution < 1.29 is 28.6 Å². The zero-order valence-corrected chi connectivity index (χ0v) is 27.0. The van der Waals surface area contributed by atoms with Gasteiger partial charge in [0.1, 0.15) is 18.3 Å². The van der Waals surface area contributed by atoms with Crippen LogP contribution in [0.15, 0.2) is 35.5 Å². The van der Waals surface area contributed by atoms with Crippen molar-refractivity contribution in [3.05, 3.63) is 35.5 Å². The summed E-state index contributed by atoms with van der Waals surface area (Å²) in [6.45, 7) is 14.9. The molecule has 2 aliphatic heterocycles. The Balaban J connectivity index is 0.000000162. The third kappa shape index (κ3) is 5.38. The molecule has 0 spiro atoms. The van der Waals surface area contributed by atoms with Crippen LogP contribution in [0.5, 0.6) is 0 Å². The van der Waals surface area contributed by atoms with Crippen molar-refractivity contribution in [2.75, 3.05) is 0 Å². The van der Waals surface area contributed by atoms with Gasteiger partial charge in [-0.1, -0.05) is 44.6 Å². The quantitative estimate of drug-likeness (QED) is 0.142. The smallest absolute Gasteiger partial charge is 0.334 e. The van der Waals surface area contributed by atoms with Crippen LogP contribution in [0.2, 0.25) is 0 Å². The first-order valence-electron chi connectivity index (χ1n) is 17.1. The molecule has 0 aromatic rings. The van der Waals surface area contributed by atoms with E-state index in [2.05, 4.69) is 40.3 Å². The lowest BCUT2D eigenvalue weighted by molar-refractivity contribution is -0.159. The molecular formula is C37H52O6. The first kappa shape index (κ1) is 30.8. The molecule has 3 saturated carbocycles. The van der Waals surface area contributed by atoms with E-state index in [0.29, 0.717) is 29.6 Å². The summed E-state index contributed by atoms with van der Waals surface area (Å²) in [6.07, 6.45) is 17.5. The number of hydrogen-bond donors (Lipinski definition) is 0. The molecule has 0 aromatic carbocycles. The van der Waals surface area contributed by atoms with Gasteiger partial charge in [-0.3, -0.25) is 9.59 Å². The maximum Gasteiger partial charge on any atom is 0.334 e. The van der Waals surface area contributed by atoms with Gasteiger partial charge in [0, 0.05) is 29.7 Å². The molecule has 5 aliphatic carbocycles. The van der Waals surface area contributed by atoms with Gasteiger partial charge in [-0.2, -0.15) is 0 Å². The van der Waals surface area contributed by atoms with Crippen LogP contribution in [-0.4, -0.2) is 41.6 Å². The Morgan fingerprint density at radius 2 is 1.79 bits per heavy atom. The highest BCUT2D eigenvalue weighted by atomic mass is 16.6. The Morgan fingerprint density at radius 3 is 2.56 bits per heavy atom. The Bertz CT molecular complexity index is 1250. The lowest BCUT2D eigenvalue weighted by Crippen LogP contribution is -2.51. The van der Waals surface area contributed by atoms with Gasteiger partial charge in [0.2, 0.25) is 0 Å². The minimum atomic E-state index is -0.233. The molecule has 0 aromatic heterocycles. The lowest BCUT2D eigenvalue weighted by atomic mass is 9.47. The molecule has 10 unspecified atom stereocenters. The van der Waals surface area contributed by atoms with Crippen LogP contribution in [-0.2, 0) is 28.6 Å². The number of hydrogen-bond acceptors (Lipinski definition) is 6. The van der Waals surface area contributed by atoms with Gasteiger partial charge in [-0.05, 0) is 114 Å². The van der Waals surface area contributed by atoms with Gasteiger partial charge in [-0.25, -0.2) is 4.79 Å². The van der Waals surface area contributed by atoms with E-state index in [4.69, 9.17) is 14.2 Å². The largest absolute Gasteiger partial charge is 0.462 e. The van der Waals surface area contributed by atoms with Crippen LogP contribution in [0, 0.1) is 34.5 Å². The number of allylic oxidation sites excluding steroid dienone is 3. The Morgan fingerprint density at radius 1 is 1.00 bits per heavy atom. The summed E-state index contributed by atoms with van der Waals surface area (Å²) >= 11 is 0. The van der Waals surface area contributed by atoms with Crippen molar-refractivity contribution in [3.8, 4) is 0 Å². The maximum absolute atomic E-state index is 11.9. The second-order valence-corrected chi connectivity index (χ2v) is 15.4. The SMILES string of the molecule is C=C1C(=O)OC2C1CCC(C)=CCCC1(C)OC21.CCC(=O)OC1CCC2C3CCC4=CC(=O)CCC4(C)C3CCC12C. The van der Waals surface area contributed by atoms with Crippen molar-refractivity contribution in [2.45, 2.75) is 142 Å². The van der Waals surface area contributed by atoms with Gasteiger partial charge < -0.3 is 14.2 Å². The highest BCUT2D eigenvalue weighted by Crippen LogP contribution is 2.65. The van der Waals surface area contributed by atoms with Gasteiger partial charge in [0.05, 0.1) is 5.60 Å². The summed E-state index contributed by atoms with van der Waals surface area (Å²) in [5.74, 6) is 2.31. The van der Waals surface area contributed by atoms with Crippen molar-refractivity contribution in [1.82, 2.24) is 0 Å². The molecule has 2 heterocycles. The number of ketones is 1. The van der Waals surface area contributed by atoms with Gasteiger partial charge in [0.25, 0.3) is 0 Å². The molecule has 0 radical (unpaired) electrons. The zero-order valence-electron chi connectivity index (χ0n) is 27.0. The van der Waals surface area contributed by atoms with Crippen LogP contribution in [0.1, 0.15) is 118 Å². The standard InChI is InChI=1S/C22H32O3.C15H20O3/c1-4-20(24)25-19-8-7-17-16-6-5-14-13-15(23)9-11-21(14,2)18(16)10-12-22(17,19)3;1-9-5-4-8-15(3)13(18-15)12-11(7-6-9)10(2)14(16)17-12/h13,16-19H,4-12H2,1-3H3;5,11-13H,2,4,6-8H2,1,3H3. The minimum absolute atomic E-state index is 0.0411. The molecule has 2 saturated heterocycles. The predicted molar refractivity (Wildman–Crippen MR) is 165 cm³/mol. The van der Waals surface area contributed by atoms with Crippen LogP contribution in [0.3, 0.4) is 0 Å². The fourth-order valence-corrected chi connectivity index (χ4v) is 10.2. The lowest BCUT2D eigenvalue weighted by Gasteiger charge is -2.57. The highest BCUT2D eigenvalue weighted by Gasteiger charge is 2.62. The number of rotatable bonds is 2. The number of ether oxygens (including phenoxy) is 3. The molecule has 10 atom stereocenters. The van der Waals surface area contributed by atoms with Crippen molar-refractivity contribution in [1.29, 1.82) is 0 Å². The summed E-state index contributed by atoms with van der Waals surface area (Å²) in [5.41, 5.74) is 3.74. The Hall–Kier alpha value is -2.21. The molecular weight excluding hydrogens is 540 g/mol. The van der Waals surface area contributed by atoms with Crippen LogP contribution >= 0.6 is 0 Å². The number of fused-ring (bicyclic) bond motifs is 8. The molecule has 0 amide bonds. The second kappa shape index (κ2) is 11.3. The summed E-state index contributed by atoms with van der Waals surface area (Å²) in [5, 5.41) is 0. The summed E-state index contributed by atoms with van der Waals surface area (Å²) in [7, 11) is 0. The van der Waals surface area contributed by atoms with Crippen LogP contribution < -0.4 is 0 Å². The van der Waals surface area contributed by atoms with E-state index in [9.17, 15) is 14.4 Å². The maximum atomic E-state index is 11.9. The Kier molecular flexibility index (Phi) is 8.09. The average molecular weight is 593 g/mol. The van der Waals surface area contributed by atoms with Crippen LogP contribution in [0.25, 0.3) is 0 Å². The molecule has 7 rings (SSSR count). The predicted octanol–water partition coefficient (Wildman–Crippen LogP) is 7.60. The average Bonchev–Trinajstić information content (AvgIpc) is 3.41. The number of epoxide rings is 1. The normalized spacial score (nSPS) is 45.0. The first-order chi connectivity index (χ1) is 20.4. The first-order valence-corrected chi connectivity index (χ1v) is 17.1. The third-order valence-electron chi connectivity index (χ3n) is 13.0. The van der Waals surface area contributed by atoms with Crippen molar-refractivity contribution >= 4 is 17.7 Å². The molecule has 236 valence electrons. The van der Waals surface area contributed by atoms with Gasteiger partial charge >= 0.3 is 11.9 Å². The van der Waals surface area contributed by atoms with E-state index in [1.807, 2.05) is 13.0 Å². The number of esters is 2. The van der Waals surface area contributed by atoms with Gasteiger partial charge in [0.15, 0.2) is 5.78 Å². The second-order valence-electron chi connectivity index (χ2n) is 15.4. The number of carbonyl (C=O) groups is 3. The van der Waals surface area contributed by atoms with E-state index in [-0.39, 0.29) is 52.6 Å². The fraction of sp³-hybridized carbons (Fsp3) is 0.757. The summed E-state index contributed by atoms with van der Waals surface area (Å²) < 4.78 is 17.2. The molecule has 7 aliphatic rings. The Labute approximate surface area is 258 Å². The van der Waals surface area contributed by atoms with Crippen LogP contribution in [0.4, 0.5) is 0 Å². The zero-order chi connectivity index (χ0) is 30.7. The molecule has 0 N–H and O–H groups in total. The summed E-state index contributed by atoms with van der Waals surface area (Å²) in [6, 6.07) is 0. The topological polar surface area (TPSA) is 82.2 Å². The monoisotopic (exact) mass is 592 g/mol. The van der Waals surface area contributed by atoms with E-state index in [0.717, 1.165) is 63.7 Å². The third-order valence-corrected chi connectivity index (χ3v) is 13.0. The van der Waals surface area contributed by atoms with E-state index in [1.165, 1.54) is 30.4 Å². The molecule has 6 nitrogen and oxygen atoms in total.